The molecule has 1 fully saturated rings. The van der Waals surface area contributed by atoms with Gasteiger partial charge in [0.2, 0.25) is 0 Å². The lowest BCUT2D eigenvalue weighted by Crippen LogP contribution is -2.38. The Bertz CT molecular complexity index is 419. The largest absolute Gasteiger partial charge is 0.338 e. The molecule has 0 radical (unpaired) electrons. The van der Waals surface area contributed by atoms with Gasteiger partial charge in [-0.3, -0.25) is 0 Å². The lowest BCUT2D eigenvalue weighted by Gasteiger charge is -2.23. The molecule has 1 aromatic rings. The molecule has 104 valence electrons. The molecule has 19 heavy (non-hydrogen) atoms. The Morgan fingerprint density at radius 3 is 3.05 bits per heavy atom. The second-order valence-electron chi connectivity index (χ2n) is 4.83. The SMILES string of the molecule is O=C(NCCC1CCCCN1)Nc1cccc(F)c1. The summed E-state index contributed by atoms with van der Waals surface area (Å²) in [5.74, 6) is -0.357. The van der Waals surface area contributed by atoms with E-state index in [1.54, 1.807) is 12.1 Å². The van der Waals surface area contributed by atoms with Crippen LogP contribution in [0, 0.1) is 5.82 Å². The van der Waals surface area contributed by atoms with Gasteiger partial charge in [0.15, 0.2) is 0 Å². The smallest absolute Gasteiger partial charge is 0.319 e. The summed E-state index contributed by atoms with van der Waals surface area (Å²) in [7, 11) is 0. The van der Waals surface area contributed by atoms with Gasteiger partial charge in [-0.25, -0.2) is 9.18 Å². The van der Waals surface area contributed by atoms with Crippen molar-refractivity contribution in [1.82, 2.24) is 10.6 Å². The van der Waals surface area contributed by atoms with E-state index in [0.29, 0.717) is 18.3 Å². The fraction of sp³-hybridized carbons (Fsp3) is 0.500. The number of halogens is 1. The van der Waals surface area contributed by atoms with E-state index in [0.717, 1.165) is 13.0 Å². The molecule has 3 N–H and O–H groups in total. The summed E-state index contributed by atoms with van der Waals surface area (Å²) >= 11 is 0. The first-order valence-corrected chi connectivity index (χ1v) is 6.78. The molecule has 1 atom stereocenters. The van der Waals surface area contributed by atoms with E-state index in [9.17, 15) is 9.18 Å². The van der Waals surface area contributed by atoms with Crippen LogP contribution in [0.1, 0.15) is 25.7 Å². The number of carbonyl (C=O) groups is 1. The third-order valence-electron chi connectivity index (χ3n) is 3.27. The Kier molecular flexibility index (Phi) is 5.15. The molecular formula is C14H20FN3O. The van der Waals surface area contributed by atoms with Crippen molar-refractivity contribution in [2.45, 2.75) is 31.7 Å². The number of anilines is 1. The summed E-state index contributed by atoms with van der Waals surface area (Å²) < 4.78 is 12.9. The lowest BCUT2D eigenvalue weighted by molar-refractivity contribution is 0.251. The van der Waals surface area contributed by atoms with Gasteiger partial charge in [0, 0.05) is 18.3 Å². The third kappa shape index (κ3) is 4.87. The molecule has 0 spiro atoms. The summed E-state index contributed by atoms with van der Waals surface area (Å²) in [6, 6.07) is 6.08. The highest BCUT2D eigenvalue weighted by Crippen LogP contribution is 2.10. The average Bonchev–Trinajstić information content (AvgIpc) is 2.40. The molecule has 1 aliphatic rings. The molecule has 1 aromatic carbocycles. The van der Waals surface area contributed by atoms with E-state index in [2.05, 4.69) is 16.0 Å². The highest BCUT2D eigenvalue weighted by molar-refractivity contribution is 5.89. The van der Waals surface area contributed by atoms with Crippen LogP contribution >= 0.6 is 0 Å². The minimum atomic E-state index is -0.357. The fourth-order valence-electron chi connectivity index (χ4n) is 2.27. The van der Waals surface area contributed by atoms with E-state index in [1.165, 1.54) is 31.4 Å². The molecule has 1 heterocycles. The van der Waals surface area contributed by atoms with Crippen molar-refractivity contribution in [3.05, 3.63) is 30.1 Å². The summed E-state index contributed by atoms with van der Waals surface area (Å²) in [5, 5.41) is 8.82. The highest BCUT2D eigenvalue weighted by Gasteiger charge is 2.12. The van der Waals surface area contributed by atoms with Crippen LogP contribution in [-0.2, 0) is 0 Å². The van der Waals surface area contributed by atoms with E-state index in [1.807, 2.05) is 0 Å². The number of benzene rings is 1. The molecule has 1 aliphatic heterocycles. The maximum absolute atomic E-state index is 12.9. The number of hydrogen-bond acceptors (Lipinski definition) is 2. The van der Waals surface area contributed by atoms with Crippen LogP contribution in [0.25, 0.3) is 0 Å². The molecule has 0 bridgehead atoms. The van der Waals surface area contributed by atoms with Gasteiger partial charge >= 0.3 is 6.03 Å². The average molecular weight is 265 g/mol. The first-order chi connectivity index (χ1) is 9.24. The van der Waals surface area contributed by atoms with Crippen LogP contribution in [0.5, 0.6) is 0 Å². The molecular weight excluding hydrogens is 245 g/mol. The maximum atomic E-state index is 12.9. The molecule has 1 unspecified atom stereocenters. The second kappa shape index (κ2) is 7.09. The Morgan fingerprint density at radius 1 is 1.42 bits per heavy atom. The van der Waals surface area contributed by atoms with Gasteiger partial charge < -0.3 is 16.0 Å². The molecule has 0 aromatic heterocycles. The van der Waals surface area contributed by atoms with Gasteiger partial charge in [-0.2, -0.15) is 0 Å². The van der Waals surface area contributed by atoms with Gasteiger partial charge in [0.1, 0.15) is 5.82 Å². The number of amides is 2. The summed E-state index contributed by atoms with van der Waals surface area (Å²) in [6.45, 7) is 1.69. The molecule has 2 amide bonds. The molecule has 0 aliphatic carbocycles. The minimum absolute atomic E-state index is 0.290. The van der Waals surface area contributed by atoms with Crippen LogP contribution in [0.2, 0.25) is 0 Å². The van der Waals surface area contributed by atoms with Crippen molar-refractivity contribution in [3.8, 4) is 0 Å². The zero-order chi connectivity index (χ0) is 13.5. The Labute approximate surface area is 112 Å². The highest BCUT2D eigenvalue weighted by atomic mass is 19.1. The van der Waals surface area contributed by atoms with Gasteiger partial charge in [-0.05, 0) is 44.0 Å². The van der Waals surface area contributed by atoms with E-state index < -0.39 is 0 Å². The number of carbonyl (C=O) groups excluding carboxylic acids is 1. The number of urea groups is 1. The first-order valence-electron chi connectivity index (χ1n) is 6.78. The normalized spacial score (nSPS) is 18.9. The third-order valence-corrected chi connectivity index (χ3v) is 3.27. The van der Waals surface area contributed by atoms with Crippen LogP contribution in [0.15, 0.2) is 24.3 Å². The second-order valence-corrected chi connectivity index (χ2v) is 4.83. The number of nitrogens with one attached hydrogen (secondary N) is 3. The standard InChI is InChI=1S/C14H20FN3O/c15-11-4-3-6-13(10-11)18-14(19)17-9-7-12-5-1-2-8-16-12/h3-4,6,10,12,16H,1-2,5,7-9H2,(H2,17,18,19). The molecule has 1 saturated heterocycles. The van der Waals surface area contributed by atoms with Crippen molar-refractivity contribution < 1.29 is 9.18 Å². The van der Waals surface area contributed by atoms with E-state index >= 15 is 0 Å². The lowest BCUT2D eigenvalue weighted by atomic mass is 10.0. The molecule has 2 rings (SSSR count). The topological polar surface area (TPSA) is 53.2 Å². The van der Waals surface area contributed by atoms with Crippen LogP contribution < -0.4 is 16.0 Å². The fourth-order valence-corrected chi connectivity index (χ4v) is 2.27. The zero-order valence-electron chi connectivity index (χ0n) is 10.9. The van der Waals surface area contributed by atoms with Gasteiger partial charge in [-0.1, -0.05) is 12.5 Å². The zero-order valence-corrected chi connectivity index (χ0v) is 10.9. The van der Waals surface area contributed by atoms with Crippen molar-refractivity contribution in [1.29, 1.82) is 0 Å². The Balaban J connectivity index is 1.67. The summed E-state index contributed by atoms with van der Waals surface area (Å²) in [4.78, 5) is 11.6. The first kappa shape index (κ1) is 13.8. The molecule has 5 heteroatoms. The summed E-state index contributed by atoms with van der Waals surface area (Å²) in [5.41, 5.74) is 0.466. The van der Waals surface area contributed by atoms with Gasteiger partial charge in [0.25, 0.3) is 0 Å². The van der Waals surface area contributed by atoms with Crippen LogP contribution in [0.3, 0.4) is 0 Å². The minimum Gasteiger partial charge on any atom is -0.338 e. The van der Waals surface area contributed by atoms with Crippen LogP contribution in [-0.4, -0.2) is 25.2 Å². The van der Waals surface area contributed by atoms with Gasteiger partial charge in [-0.15, -0.1) is 0 Å². The maximum Gasteiger partial charge on any atom is 0.319 e. The molecule has 4 nitrogen and oxygen atoms in total. The number of rotatable bonds is 4. The van der Waals surface area contributed by atoms with E-state index in [4.69, 9.17) is 0 Å². The monoisotopic (exact) mass is 265 g/mol. The Hall–Kier alpha value is -1.62. The predicted octanol–water partition coefficient (Wildman–Crippen LogP) is 2.48. The Morgan fingerprint density at radius 2 is 2.32 bits per heavy atom. The number of hydrogen-bond donors (Lipinski definition) is 3. The van der Waals surface area contributed by atoms with Crippen molar-refractivity contribution in [3.63, 3.8) is 0 Å². The van der Waals surface area contributed by atoms with Crippen molar-refractivity contribution in [2.24, 2.45) is 0 Å². The van der Waals surface area contributed by atoms with Crippen molar-refractivity contribution >= 4 is 11.7 Å². The van der Waals surface area contributed by atoms with Crippen LogP contribution in [0.4, 0.5) is 14.9 Å². The van der Waals surface area contributed by atoms with E-state index in [-0.39, 0.29) is 11.8 Å². The number of piperidine rings is 1. The molecule has 0 saturated carbocycles. The summed E-state index contributed by atoms with van der Waals surface area (Å²) in [6.07, 6.45) is 4.60. The predicted molar refractivity (Wildman–Crippen MR) is 73.7 cm³/mol. The van der Waals surface area contributed by atoms with Crippen molar-refractivity contribution in [2.75, 3.05) is 18.4 Å². The van der Waals surface area contributed by atoms with Gasteiger partial charge in [0.05, 0.1) is 0 Å². The quantitative estimate of drug-likeness (QED) is 0.783.